The molecule has 2 heteroatoms. The number of rotatable bonds is 1. The first-order valence-corrected chi connectivity index (χ1v) is 5.27. The van der Waals surface area contributed by atoms with Gasteiger partial charge < -0.3 is 0 Å². The van der Waals surface area contributed by atoms with E-state index in [1.54, 1.807) is 12.1 Å². The fourth-order valence-corrected chi connectivity index (χ4v) is 1.92. The van der Waals surface area contributed by atoms with E-state index in [4.69, 9.17) is 10.5 Å². The number of aryl methyl sites for hydroxylation is 1. The van der Waals surface area contributed by atoms with Crippen LogP contribution in [0.1, 0.15) is 16.7 Å². The predicted octanol–water partition coefficient (Wildman–Crippen LogP) is 3.41. The van der Waals surface area contributed by atoms with E-state index in [-0.39, 0.29) is 0 Å². The van der Waals surface area contributed by atoms with Crippen molar-refractivity contribution < 1.29 is 0 Å². The zero-order chi connectivity index (χ0) is 12.3. The van der Waals surface area contributed by atoms with Gasteiger partial charge in [0.1, 0.15) is 0 Å². The van der Waals surface area contributed by atoms with Crippen molar-refractivity contribution in [3.8, 4) is 23.3 Å². The van der Waals surface area contributed by atoms with E-state index in [1.165, 1.54) is 0 Å². The van der Waals surface area contributed by atoms with Crippen LogP contribution in [0, 0.1) is 29.6 Å². The molecule has 0 unspecified atom stereocenters. The van der Waals surface area contributed by atoms with Crippen LogP contribution in [-0.4, -0.2) is 0 Å². The minimum Gasteiger partial charge on any atom is -0.192 e. The highest BCUT2D eigenvalue weighted by Gasteiger charge is 2.11. The van der Waals surface area contributed by atoms with Crippen molar-refractivity contribution in [3.63, 3.8) is 0 Å². The molecule has 80 valence electrons. The van der Waals surface area contributed by atoms with E-state index in [9.17, 15) is 0 Å². The Morgan fingerprint density at radius 3 is 2.18 bits per heavy atom. The lowest BCUT2D eigenvalue weighted by atomic mass is 9.92. The molecule has 0 aliphatic rings. The fraction of sp³-hybridized carbons (Fsp3) is 0.0667. The maximum absolute atomic E-state index is 9.13. The molecule has 0 atom stereocenters. The van der Waals surface area contributed by atoms with Crippen LogP contribution in [0.5, 0.6) is 0 Å². The normalized spacial score (nSPS) is 9.35. The second kappa shape index (κ2) is 4.51. The Morgan fingerprint density at radius 1 is 0.824 bits per heavy atom. The molecule has 0 saturated carbocycles. The highest BCUT2D eigenvalue weighted by Crippen LogP contribution is 2.29. The summed E-state index contributed by atoms with van der Waals surface area (Å²) in [6.45, 7) is 1.95. The van der Waals surface area contributed by atoms with E-state index < -0.39 is 0 Å². The summed E-state index contributed by atoms with van der Waals surface area (Å²) in [6, 6.07) is 17.3. The van der Waals surface area contributed by atoms with Gasteiger partial charge in [0.05, 0.1) is 23.3 Å². The van der Waals surface area contributed by atoms with Gasteiger partial charge in [-0.05, 0) is 24.6 Å². The average molecular weight is 218 g/mol. The van der Waals surface area contributed by atoms with Crippen molar-refractivity contribution in [2.45, 2.75) is 6.92 Å². The third kappa shape index (κ3) is 1.89. The van der Waals surface area contributed by atoms with Gasteiger partial charge in [0.2, 0.25) is 0 Å². The van der Waals surface area contributed by atoms with Crippen LogP contribution in [0.25, 0.3) is 11.1 Å². The molecule has 0 radical (unpaired) electrons. The SMILES string of the molecule is Cc1cccc(C#N)c1-c1ccccc1C#N. The van der Waals surface area contributed by atoms with Crippen LogP contribution in [0.4, 0.5) is 0 Å². The Balaban J connectivity index is 2.79. The largest absolute Gasteiger partial charge is 0.192 e. The quantitative estimate of drug-likeness (QED) is 0.736. The zero-order valence-corrected chi connectivity index (χ0v) is 9.44. The molecule has 0 fully saturated rings. The van der Waals surface area contributed by atoms with Gasteiger partial charge in [-0.15, -0.1) is 0 Å². The van der Waals surface area contributed by atoms with Gasteiger partial charge in [0, 0.05) is 11.1 Å². The van der Waals surface area contributed by atoms with E-state index >= 15 is 0 Å². The molecule has 0 spiro atoms. The lowest BCUT2D eigenvalue weighted by molar-refractivity contribution is 1.40. The van der Waals surface area contributed by atoms with Crippen molar-refractivity contribution in [2.24, 2.45) is 0 Å². The highest BCUT2D eigenvalue weighted by atomic mass is 14.3. The highest BCUT2D eigenvalue weighted by molar-refractivity contribution is 5.78. The molecular weight excluding hydrogens is 208 g/mol. The molecule has 0 heterocycles. The molecule has 2 rings (SSSR count). The summed E-state index contributed by atoms with van der Waals surface area (Å²) in [5, 5.41) is 18.2. The van der Waals surface area contributed by atoms with Crippen LogP contribution in [0.15, 0.2) is 42.5 Å². The molecule has 0 amide bonds. The van der Waals surface area contributed by atoms with Crippen molar-refractivity contribution in [1.82, 2.24) is 0 Å². The monoisotopic (exact) mass is 218 g/mol. The molecule has 2 aromatic carbocycles. The maximum Gasteiger partial charge on any atom is 0.0998 e. The third-order valence-corrected chi connectivity index (χ3v) is 2.71. The molecule has 17 heavy (non-hydrogen) atoms. The van der Waals surface area contributed by atoms with E-state index in [2.05, 4.69) is 12.1 Å². The second-order valence-electron chi connectivity index (χ2n) is 3.77. The molecule has 0 saturated heterocycles. The van der Waals surface area contributed by atoms with E-state index in [0.29, 0.717) is 11.1 Å². The van der Waals surface area contributed by atoms with Gasteiger partial charge in [-0.2, -0.15) is 10.5 Å². The van der Waals surface area contributed by atoms with Gasteiger partial charge in [0.15, 0.2) is 0 Å². The Morgan fingerprint density at radius 2 is 1.47 bits per heavy atom. The first-order valence-electron chi connectivity index (χ1n) is 5.27. The van der Waals surface area contributed by atoms with Crippen molar-refractivity contribution in [3.05, 3.63) is 59.2 Å². The molecular formula is C15H10N2. The molecule has 2 nitrogen and oxygen atoms in total. The number of hydrogen-bond acceptors (Lipinski definition) is 2. The standard InChI is InChI=1S/C15H10N2/c1-11-5-4-7-13(10-17)15(11)14-8-3-2-6-12(14)9-16/h2-8H,1H3. The number of nitrogens with zero attached hydrogens (tertiary/aromatic N) is 2. The Bertz CT molecular complexity index is 643. The van der Waals surface area contributed by atoms with Crippen LogP contribution in [-0.2, 0) is 0 Å². The third-order valence-electron chi connectivity index (χ3n) is 2.71. The molecule has 0 N–H and O–H groups in total. The smallest absolute Gasteiger partial charge is 0.0998 e. The summed E-state index contributed by atoms with van der Waals surface area (Å²) in [5.41, 5.74) is 3.88. The topological polar surface area (TPSA) is 47.6 Å². The Hall–Kier alpha value is -2.58. The summed E-state index contributed by atoms with van der Waals surface area (Å²) >= 11 is 0. The number of hydrogen-bond donors (Lipinski definition) is 0. The second-order valence-corrected chi connectivity index (χ2v) is 3.77. The zero-order valence-electron chi connectivity index (χ0n) is 9.44. The van der Waals surface area contributed by atoms with Gasteiger partial charge in [-0.3, -0.25) is 0 Å². The summed E-state index contributed by atoms with van der Waals surface area (Å²) in [5.74, 6) is 0. The summed E-state index contributed by atoms with van der Waals surface area (Å²) in [6.07, 6.45) is 0. The molecule has 0 aromatic heterocycles. The molecule has 2 aromatic rings. The molecule has 0 aliphatic carbocycles. The lowest BCUT2D eigenvalue weighted by Gasteiger charge is -2.09. The van der Waals surface area contributed by atoms with Crippen LogP contribution in [0.3, 0.4) is 0 Å². The predicted molar refractivity (Wildman–Crippen MR) is 66.0 cm³/mol. The van der Waals surface area contributed by atoms with Gasteiger partial charge in [0.25, 0.3) is 0 Å². The minimum absolute atomic E-state index is 0.596. The van der Waals surface area contributed by atoms with Crippen LogP contribution in [0.2, 0.25) is 0 Å². The fourth-order valence-electron chi connectivity index (χ4n) is 1.92. The van der Waals surface area contributed by atoms with Gasteiger partial charge in [-0.1, -0.05) is 30.3 Å². The first-order chi connectivity index (χ1) is 8.27. The summed E-state index contributed by atoms with van der Waals surface area (Å²) in [7, 11) is 0. The molecule has 0 bridgehead atoms. The number of benzene rings is 2. The van der Waals surface area contributed by atoms with Gasteiger partial charge >= 0.3 is 0 Å². The van der Waals surface area contributed by atoms with E-state index in [1.807, 2.05) is 37.3 Å². The number of nitriles is 2. The van der Waals surface area contributed by atoms with Crippen LogP contribution >= 0.6 is 0 Å². The van der Waals surface area contributed by atoms with Crippen LogP contribution < -0.4 is 0 Å². The minimum atomic E-state index is 0.596. The van der Waals surface area contributed by atoms with Crippen molar-refractivity contribution in [1.29, 1.82) is 10.5 Å². The van der Waals surface area contributed by atoms with Gasteiger partial charge in [-0.25, -0.2) is 0 Å². The van der Waals surface area contributed by atoms with Crippen molar-refractivity contribution in [2.75, 3.05) is 0 Å². The van der Waals surface area contributed by atoms with E-state index in [0.717, 1.165) is 16.7 Å². The summed E-state index contributed by atoms with van der Waals surface area (Å²) < 4.78 is 0. The Labute approximate surface area is 100 Å². The Kier molecular flexibility index (Phi) is 2.90. The summed E-state index contributed by atoms with van der Waals surface area (Å²) in [4.78, 5) is 0. The molecule has 0 aliphatic heterocycles. The average Bonchev–Trinajstić information content (AvgIpc) is 2.38. The maximum atomic E-state index is 9.13. The van der Waals surface area contributed by atoms with Crippen molar-refractivity contribution >= 4 is 0 Å². The first kappa shape index (κ1) is 10.9. The lowest BCUT2D eigenvalue weighted by Crippen LogP contribution is -1.91.